The van der Waals surface area contributed by atoms with Crippen molar-refractivity contribution in [3.63, 3.8) is 0 Å². The Kier molecular flexibility index (Phi) is 6.71. The molecule has 0 saturated carbocycles. The van der Waals surface area contributed by atoms with Crippen molar-refractivity contribution in [2.75, 3.05) is 34.0 Å². The number of nitrogens with one attached hydrogen (secondary N) is 1. The fourth-order valence-electron chi connectivity index (χ4n) is 3.51. The zero-order valence-electron chi connectivity index (χ0n) is 16.4. The molecular weight excluding hydrogens is 354 g/mol. The predicted octanol–water partition coefficient (Wildman–Crippen LogP) is 3.58. The summed E-state index contributed by atoms with van der Waals surface area (Å²) in [4.78, 5) is 12.4. The maximum absolute atomic E-state index is 12.4. The number of rotatable bonds is 7. The number of benzene rings is 2. The van der Waals surface area contributed by atoms with Gasteiger partial charge in [-0.15, -0.1) is 0 Å². The van der Waals surface area contributed by atoms with Crippen molar-refractivity contribution in [2.24, 2.45) is 0 Å². The second kappa shape index (κ2) is 9.42. The quantitative estimate of drug-likeness (QED) is 0.745. The molecule has 2 aromatic rings. The molecule has 1 aliphatic heterocycles. The van der Waals surface area contributed by atoms with E-state index in [1.54, 1.807) is 26.4 Å². The van der Waals surface area contributed by atoms with Crippen molar-refractivity contribution >= 4 is 12.0 Å². The predicted molar refractivity (Wildman–Crippen MR) is 110 cm³/mol. The topological polar surface area (TPSA) is 56.8 Å². The maximum atomic E-state index is 12.4. The molecule has 1 N–H and O–H groups in total. The lowest BCUT2D eigenvalue weighted by atomic mass is 9.74. The minimum absolute atomic E-state index is 0.109. The van der Waals surface area contributed by atoms with Crippen molar-refractivity contribution < 1.29 is 19.0 Å². The number of carbonyl (C=O) groups is 1. The number of ether oxygens (including phenoxy) is 3. The van der Waals surface area contributed by atoms with Crippen LogP contribution in [0.5, 0.6) is 11.5 Å². The SMILES string of the molecule is COc1ccc(C2(CNC(=O)C=Cc3cccc(OC)c3)CCOCC2)cc1. The average molecular weight is 381 g/mol. The highest BCUT2D eigenvalue weighted by Gasteiger charge is 2.34. The molecule has 3 rings (SSSR count). The lowest BCUT2D eigenvalue weighted by Gasteiger charge is -2.38. The zero-order chi connectivity index (χ0) is 19.8. The van der Waals surface area contributed by atoms with Gasteiger partial charge in [0.15, 0.2) is 0 Å². The molecule has 0 aromatic heterocycles. The smallest absolute Gasteiger partial charge is 0.244 e. The molecule has 1 saturated heterocycles. The molecule has 5 nitrogen and oxygen atoms in total. The van der Waals surface area contributed by atoms with Gasteiger partial charge >= 0.3 is 0 Å². The monoisotopic (exact) mass is 381 g/mol. The first-order chi connectivity index (χ1) is 13.6. The van der Waals surface area contributed by atoms with E-state index in [0.29, 0.717) is 19.8 Å². The second-order valence-corrected chi connectivity index (χ2v) is 6.95. The molecule has 0 unspecified atom stereocenters. The van der Waals surface area contributed by atoms with E-state index in [-0.39, 0.29) is 11.3 Å². The molecule has 0 spiro atoms. The number of hydrogen-bond donors (Lipinski definition) is 1. The van der Waals surface area contributed by atoms with E-state index in [4.69, 9.17) is 14.2 Å². The van der Waals surface area contributed by atoms with Crippen LogP contribution in [-0.4, -0.2) is 39.9 Å². The van der Waals surface area contributed by atoms with Crippen molar-refractivity contribution in [1.29, 1.82) is 0 Å². The summed E-state index contributed by atoms with van der Waals surface area (Å²) < 4.78 is 16.0. The second-order valence-electron chi connectivity index (χ2n) is 6.95. The van der Waals surface area contributed by atoms with Crippen molar-refractivity contribution in [3.8, 4) is 11.5 Å². The van der Waals surface area contributed by atoms with Crippen LogP contribution in [0, 0.1) is 0 Å². The molecule has 1 aliphatic rings. The minimum atomic E-state index is -0.121. The highest BCUT2D eigenvalue weighted by atomic mass is 16.5. The molecule has 0 atom stereocenters. The third-order valence-electron chi connectivity index (χ3n) is 5.27. The number of hydrogen-bond acceptors (Lipinski definition) is 4. The summed E-state index contributed by atoms with van der Waals surface area (Å²) in [6.07, 6.45) is 5.11. The van der Waals surface area contributed by atoms with E-state index in [9.17, 15) is 4.79 Å². The van der Waals surface area contributed by atoms with Crippen LogP contribution in [0.1, 0.15) is 24.0 Å². The number of amides is 1. The summed E-state index contributed by atoms with van der Waals surface area (Å²) in [7, 11) is 3.29. The molecule has 1 heterocycles. The van der Waals surface area contributed by atoms with Gasteiger partial charge in [0.05, 0.1) is 14.2 Å². The first kappa shape index (κ1) is 20.0. The Morgan fingerprint density at radius 2 is 1.79 bits per heavy atom. The molecule has 0 aliphatic carbocycles. The average Bonchev–Trinajstić information content (AvgIpc) is 2.77. The lowest BCUT2D eigenvalue weighted by Crippen LogP contribution is -2.44. The van der Waals surface area contributed by atoms with Crippen LogP contribution in [0.2, 0.25) is 0 Å². The van der Waals surface area contributed by atoms with Gasteiger partial charge in [0.25, 0.3) is 0 Å². The highest BCUT2D eigenvalue weighted by molar-refractivity contribution is 5.91. The molecular formula is C23H27NO4. The summed E-state index contributed by atoms with van der Waals surface area (Å²) in [6, 6.07) is 15.7. The summed E-state index contributed by atoms with van der Waals surface area (Å²) in [5.41, 5.74) is 2.00. The van der Waals surface area contributed by atoms with Gasteiger partial charge in [-0.2, -0.15) is 0 Å². The van der Waals surface area contributed by atoms with E-state index in [1.807, 2.05) is 36.4 Å². The highest BCUT2D eigenvalue weighted by Crippen LogP contribution is 2.35. The van der Waals surface area contributed by atoms with Crippen LogP contribution in [0.3, 0.4) is 0 Å². The van der Waals surface area contributed by atoms with Crippen LogP contribution < -0.4 is 14.8 Å². The minimum Gasteiger partial charge on any atom is -0.497 e. The molecule has 5 heteroatoms. The zero-order valence-corrected chi connectivity index (χ0v) is 16.4. The van der Waals surface area contributed by atoms with Gasteiger partial charge in [0.2, 0.25) is 5.91 Å². The molecule has 2 aromatic carbocycles. The fourth-order valence-corrected chi connectivity index (χ4v) is 3.51. The van der Waals surface area contributed by atoms with Crippen molar-refractivity contribution in [1.82, 2.24) is 5.32 Å². The Morgan fingerprint density at radius 3 is 2.46 bits per heavy atom. The Bertz CT molecular complexity index is 808. The van der Waals surface area contributed by atoms with Crippen molar-refractivity contribution in [3.05, 3.63) is 65.7 Å². The summed E-state index contributed by atoms with van der Waals surface area (Å²) in [5, 5.41) is 3.08. The van der Waals surface area contributed by atoms with Crippen LogP contribution in [0.25, 0.3) is 6.08 Å². The summed E-state index contributed by atoms with van der Waals surface area (Å²) >= 11 is 0. The molecule has 0 bridgehead atoms. The molecule has 148 valence electrons. The lowest BCUT2D eigenvalue weighted by molar-refractivity contribution is -0.116. The molecule has 1 amide bonds. The van der Waals surface area contributed by atoms with Crippen LogP contribution >= 0.6 is 0 Å². The summed E-state index contributed by atoms with van der Waals surface area (Å²) in [6.45, 7) is 1.97. The van der Waals surface area contributed by atoms with E-state index in [1.165, 1.54) is 5.56 Å². The van der Waals surface area contributed by atoms with E-state index >= 15 is 0 Å². The fraction of sp³-hybridized carbons (Fsp3) is 0.348. The third kappa shape index (κ3) is 4.93. The van der Waals surface area contributed by atoms with Gasteiger partial charge < -0.3 is 19.5 Å². The summed E-state index contributed by atoms with van der Waals surface area (Å²) in [5.74, 6) is 1.49. The number of carbonyl (C=O) groups excluding carboxylic acids is 1. The number of methoxy groups -OCH3 is 2. The maximum Gasteiger partial charge on any atom is 0.244 e. The van der Waals surface area contributed by atoms with Gasteiger partial charge in [-0.05, 0) is 54.3 Å². The third-order valence-corrected chi connectivity index (χ3v) is 5.27. The first-order valence-corrected chi connectivity index (χ1v) is 9.47. The van der Waals surface area contributed by atoms with Crippen LogP contribution in [0.15, 0.2) is 54.6 Å². The van der Waals surface area contributed by atoms with Gasteiger partial charge in [-0.1, -0.05) is 24.3 Å². The standard InChI is InChI=1S/C23H27NO4/c1-26-20-9-7-19(8-10-20)23(12-14-28-15-13-23)17-24-22(25)11-6-18-4-3-5-21(16-18)27-2/h3-11,16H,12-15,17H2,1-2H3,(H,24,25). The molecule has 28 heavy (non-hydrogen) atoms. The Balaban J connectivity index is 1.67. The largest absolute Gasteiger partial charge is 0.497 e. The van der Waals surface area contributed by atoms with Crippen LogP contribution in [0.4, 0.5) is 0 Å². The van der Waals surface area contributed by atoms with Gasteiger partial charge in [-0.25, -0.2) is 0 Å². The Hall–Kier alpha value is -2.79. The van der Waals surface area contributed by atoms with E-state index in [2.05, 4.69) is 17.4 Å². The first-order valence-electron chi connectivity index (χ1n) is 9.47. The Morgan fingerprint density at radius 1 is 1.07 bits per heavy atom. The van der Waals surface area contributed by atoms with Gasteiger partial charge in [-0.3, -0.25) is 4.79 Å². The molecule has 1 fully saturated rings. The van der Waals surface area contributed by atoms with Gasteiger partial charge in [0.1, 0.15) is 11.5 Å². The Labute approximate surface area is 166 Å². The van der Waals surface area contributed by atoms with Crippen molar-refractivity contribution in [2.45, 2.75) is 18.3 Å². The van der Waals surface area contributed by atoms with E-state index in [0.717, 1.165) is 29.9 Å². The normalized spacial score (nSPS) is 15.9. The van der Waals surface area contributed by atoms with E-state index < -0.39 is 0 Å². The van der Waals surface area contributed by atoms with Crippen LogP contribution in [-0.2, 0) is 14.9 Å². The molecule has 0 radical (unpaired) electrons. The van der Waals surface area contributed by atoms with Gasteiger partial charge in [0, 0.05) is 31.2 Å².